The molecule has 10 amide bonds. The molecule has 6 aliphatic rings. The van der Waals surface area contributed by atoms with Crippen molar-refractivity contribution in [2.45, 2.75) is 210 Å². The summed E-state index contributed by atoms with van der Waals surface area (Å²) < 4.78 is 0. The molecule has 430 valence electrons. The number of carbonyl (C=O) groups excluding carboxylic acids is 10. The minimum atomic E-state index is -1.52. The number of carboxylic acid groups (broad SMARTS) is 1. The molecule has 0 spiro atoms. The Morgan fingerprint density at radius 3 is 1.55 bits per heavy atom. The van der Waals surface area contributed by atoms with Crippen LogP contribution >= 0.6 is 0 Å². The molecule has 10 N–H and O–H groups in total. The summed E-state index contributed by atoms with van der Waals surface area (Å²) in [5.74, 6) is -6.81. The van der Waals surface area contributed by atoms with Crippen LogP contribution in [0.25, 0.3) is 0 Å². The van der Waals surface area contributed by atoms with Crippen LogP contribution in [0.15, 0.2) is 0 Å². The first kappa shape index (κ1) is 60.3. The lowest BCUT2D eigenvalue weighted by Crippen LogP contribution is -2.61. The Morgan fingerprint density at radius 2 is 1.01 bits per heavy atom. The molecule has 0 aliphatic carbocycles. The molecule has 6 rings (SSSR count). The Kier molecular flexibility index (Phi) is 21.6. The van der Waals surface area contributed by atoms with Gasteiger partial charge in [-0.25, -0.2) is 4.79 Å². The summed E-state index contributed by atoms with van der Waals surface area (Å²) in [4.78, 5) is 157. The summed E-state index contributed by atoms with van der Waals surface area (Å²) in [5, 5.41) is 37.1. The number of nitrogens with two attached hydrogens (primary N) is 1. The lowest BCUT2D eigenvalue weighted by molar-refractivity contribution is -0.149. The number of carboxylic acids is 1. The number of aliphatic hydroxyl groups is 1. The van der Waals surface area contributed by atoms with Crippen molar-refractivity contribution >= 4 is 65.0 Å². The molecule has 6 heterocycles. The van der Waals surface area contributed by atoms with Gasteiger partial charge in [-0.05, 0) is 143 Å². The minimum absolute atomic E-state index is 0.123. The van der Waals surface area contributed by atoms with Crippen LogP contribution in [-0.4, -0.2) is 218 Å². The Bertz CT molecular complexity index is 2190. The van der Waals surface area contributed by atoms with Gasteiger partial charge in [-0.3, -0.25) is 47.9 Å². The molecule has 0 saturated carbocycles. The van der Waals surface area contributed by atoms with E-state index >= 15 is 0 Å². The molecule has 0 unspecified atom stereocenters. The van der Waals surface area contributed by atoms with Gasteiger partial charge < -0.3 is 72.3 Å². The van der Waals surface area contributed by atoms with Gasteiger partial charge in [0, 0.05) is 32.7 Å². The number of nitrogens with one attached hydrogen (secondary N) is 6. The summed E-state index contributed by atoms with van der Waals surface area (Å²) in [6, 6.07) is -11.1. The first-order valence-electron chi connectivity index (χ1n) is 28.0. The third kappa shape index (κ3) is 14.8. The Balaban J connectivity index is 1.07. The van der Waals surface area contributed by atoms with Gasteiger partial charge in [0.25, 0.3) is 0 Å². The van der Waals surface area contributed by atoms with Gasteiger partial charge in [0.1, 0.15) is 60.4 Å². The van der Waals surface area contributed by atoms with Gasteiger partial charge in [-0.15, -0.1) is 0 Å². The predicted molar refractivity (Wildman–Crippen MR) is 277 cm³/mol. The van der Waals surface area contributed by atoms with E-state index in [1.54, 1.807) is 4.90 Å². The Morgan fingerprint density at radius 1 is 0.519 bits per heavy atom. The van der Waals surface area contributed by atoms with Crippen molar-refractivity contribution in [1.82, 2.24) is 56.4 Å². The number of aliphatic hydroxyl groups excluding tert-OH is 1. The summed E-state index contributed by atoms with van der Waals surface area (Å²) in [5.41, 5.74) is 5.80. The monoisotopic (exact) mass is 1080 g/mol. The van der Waals surface area contributed by atoms with E-state index < -0.39 is 120 Å². The average molecular weight is 1090 g/mol. The van der Waals surface area contributed by atoms with E-state index in [9.17, 15) is 63.0 Å². The number of likely N-dealkylation sites (tertiary alicyclic amines) is 5. The van der Waals surface area contributed by atoms with Crippen LogP contribution in [0.5, 0.6) is 0 Å². The van der Waals surface area contributed by atoms with Crippen LogP contribution in [0, 0.1) is 5.92 Å². The maximum absolute atomic E-state index is 14.5. The normalized spacial score (nSPS) is 25.7. The predicted octanol–water partition coefficient (Wildman–Crippen LogP) is -2.20. The van der Waals surface area contributed by atoms with Gasteiger partial charge in [-0.2, -0.15) is 0 Å². The van der Waals surface area contributed by atoms with E-state index in [1.165, 1.54) is 40.4 Å². The number of aliphatic carboxylic acids is 1. The highest BCUT2D eigenvalue weighted by Crippen LogP contribution is 2.28. The molecular formula is C52H84N12O13. The van der Waals surface area contributed by atoms with Crippen LogP contribution in [0.1, 0.15) is 137 Å². The fourth-order valence-electron chi connectivity index (χ4n) is 11.8. The molecular weight excluding hydrogens is 1000 g/mol. The molecule has 12 atom stereocenters. The fraction of sp³-hybridized carbons (Fsp3) is 0.788. The second-order valence-electron chi connectivity index (χ2n) is 22.2. The highest BCUT2D eigenvalue weighted by atomic mass is 16.4. The zero-order valence-corrected chi connectivity index (χ0v) is 45.5. The maximum atomic E-state index is 14.5. The lowest BCUT2D eigenvalue weighted by atomic mass is 10.0. The summed E-state index contributed by atoms with van der Waals surface area (Å²) in [6.45, 7) is 10.2. The number of hydrogen-bond acceptors (Lipinski definition) is 14. The van der Waals surface area contributed by atoms with E-state index in [4.69, 9.17) is 5.73 Å². The summed E-state index contributed by atoms with van der Waals surface area (Å²) >= 11 is 0. The lowest BCUT2D eigenvalue weighted by Gasteiger charge is -2.34. The first-order chi connectivity index (χ1) is 36.6. The largest absolute Gasteiger partial charge is 0.480 e. The van der Waals surface area contributed by atoms with Crippen LogP contribution < -0.4 is 37.6 Å². The molecule has 0 aromatic heterocycles. The molecule has 77 heavy (non-hydrogen) atoms. The summed E-state index contributed by atoms with van der Waals surface area (Å²) in [6.07, 6.45) is 5.56. The third-order valence-corrected chi connectivity index (χ3v) is 15.9. The molecule has 0 aromatic carbocycles. The number of amides is 10. The first-order valence-corrected chi connectivity index (χ1v) is 28.0. The van der Waals surface area contributed by atoms with Gasteiger partial charge in [0.05, 0.1) is 12.1 Å². The standard InChI is InChI=1S/C52H84N12O13/c1-29(2)28-35(58-46(70)41(32(5)65)59-45(69)38-18-11-25-62(38)51(75)39-19-12-26-63(39)48(72)33-15-8-22-54-33)50(74)61-24-10-17-37(61)44(68)57-34(14-6-7-21-53)49(73)60-23-9-16-36(60)43(67)55-30(3)42(66)56-31(4)47(71)64-27-13-20-40(64)52(76)77/h29-41,54,65H,6-28,53H2,1-5H3,(H,55,67)(H,56,66)(H,57,68)(H,58,70)(H,59,69)(H,76,77)/t30-,31-,32+,33-,34-,35-,36-,37-,38-,39-,40-,41-/m0/s1. The number of nitrogens with zero attached hydrogens (tertiary/aromatic N) is 5. The van der Waals surface area contributed by atoms with Crippen molar-refractivity contribution in [3.63, 3.8) is 0 Å². The zero-order valence-electron chi connectivity index (χ0n) is 45.5. The number of carbonyl (C=O) groups is 11. The molecule has 6 fully saturated rings. The minimum Gasteiger partial charge on any atom is -0.480 e. The van der Waals surface area contributed by atoms with Gasteiger partial charge in [0.2, 0.25) is 59.1 Å². The van der Waals surface area contributed by atoms with Crippen molar-refractivity contribution in [2.24, 2.45) is 11.7 Å². The van der Waals surface area contributed by atoms with Gasteiger partial charge in [0.15, 0.2) is 0 Å². The summed E-state index contributed by atoms with van der Waals surface area (Å²) in [7, 11) is 0. The number of rotatable bonds is 23. The molecule has 6 saturated heterocycles. The van der Waals surface area contributed by atoms with Crippen LogP contribution in [0.4, 0.5) is 0 Å². The second-order valence-corrected chi connectivity index (χ2v) is 22.2. The quantitative estimate of drug-likeness (QED) is 0.0491. The Labute approximate surface area is 450 Å². The van der Waals surface area contributed by atoms with Crippen molar-refractivity contribution in [2.75, 3.05) is 45.8 Å². The van der Waals surface area contributed by atoms with E-state index in [1.807, 2.05) is 13.8 Å². The number of hydrogen-bond donors (Lipinski definition) is 9. The van der Waals surface area contributed by atoms with Crippen LogP contribution in [0.2, 0.25) is 0 Å². The topological polar surface area (TPSA) is 343 Å². The number of unbranched alkanes of at least 4 members (excludes halogenated alkanes) is 1. The van der Waals surface area contributed by atoms with Gasteiger partial charge in [-0.1, -0.05) is 13.8 Å². The van der Waals surface area contributed by atoms with Crippen LogP contribution in [-0.2, 0) is 52.7 Å². The maximum Gasteiger partial charge on any atom is 0.326 e. The SMILES string of the molecule is CC(C)C[C@H](NC(=O)[C@@H](NC(=O)[C@@H]1CCCN1C(=O)[C@@H]1CCCN1C(=O)[C@@H]1CCCN1)[C@@H](C)O)C(=O)N1CCC[C@H]1C(=O)N[C@@H](CCCCN)C(=O)N1CCC[C@H]1C(=O)N[C@@H](C)C(=O)N[C@@H](C)C(=O)N1CCC[C@H]1C(=O)O. The third-order valence-electron chi connectivity index (χ3n) is 15.9. The van der Waals surface area contributed by atoms with E-state index in [2.05, 4.69) is 31.9 Å². The highest BCUT2D eigenvalue weighted by molar-refractivity contribution is 5.99. The average Bonchev–Trinajstić information content (AvgIpc) is 4.27. The van der Waals surface area contributed by atoms with Crippen LogP contribution in [0.3, 0.4) is 0 Å². The van der Waals surface area contributed by atoms with Crippen molar-refractivity contribution < 1.29 is 63.0 Å². The fourth-order valence-corrected chi connectivity index (χ4v) is 11.8. The van der Waals surface area contributed by atoms with Gasteiger partial charge >= 0.3 is 5.97 Å². The van der Waals surface area contributed by atoms with E-state index in [-0.39, 0.29) is 75.6 Å². The molecule has 25 heteroatoms. The van der Waals surface area contributed by atoms with Crippen molar-refractivity contribution in [3.05, 3.63) is 0 Å². The Hall–Kier alpha value is -5.95. The second kappa shape index (κ2) is 27.6. The van der Waals surface area contributed by atoms with E-state index in [0.717, 1.165) is 13.0 Å². The van der Waals surface area contributed by atoms with Crippen molar-refractivity contribution in [1.29, 1.82) is 0 Å². The molecule has 6 aliphatic heterocycles. The smallest absolute Gasteiger partial charge is 0.326 e. The van der Waals surface area contributed by atoms with E-state index in [0.29, 0.717) is 83.7 Å². The highest BCUT2D eigenvalue weighted by Gasteiger charge is 2.46. The molecule has 25 nitrogen and oxygen atoms in total. The van der Waals surface area contributed by atoms with Crippen molar-refractivity contribution in [3.8, 4) is 0 Å². The molecule has 0 aromatic rings. The molecule has 0 radical (unpaired) electrons. The zero-order chi connectivity index (χ0) is 56.2. The molecule has 0 bridgehead atoms.